The Bertz CT molecular complexity index is 154. The Morgan fingerprint density at radius 1 is 1.58 bits per heavy atom. The van der Waals surface area contributed by atoms with Gasteiger partial charge in [-0.15, -0.1) is 0 Å². The highest BCUT2D eigenvalue weighted by atomic mass is 16.7. The van der Waals surface area contributed by atoms with Crippen molar-refractivity contribution in [1.82, 2.24) is 0 Å². The lowest BCUT2D eigenvalue weighted by molar-refractivity contribution is -0.221. The van der Waals surface area contributed by atoms with Crippen molar-refractivity contribution in [2.24, 2.45) is 0 Å². The molecule has 1 rings (SSSR count). The van der Waals surface area contributed by atoms with Crippen molar-refractivity contribution in [3.8, 4) is 0 Å². The predicted octanol–water partition coefficient (Wildman–Crippen LogP) is 0.270. The Morgan fingerprint density at radius 2 is 2.25 bits per heavy atom. The standard InChI is InChI=1S/C8H14O4/c1-10-7(11-2)8(6-9)4-3-5-12-8/h3,5,7,9H,4,6H2,1-2H3. The van der Waals surface area contributed by atoms with E-state index >= 15 is 0 Å². The number of hydrogen-bond donors (Lipinski definition) is 1. The largest absolute Gasteiger partial charge is 0.487 e. The molecule has 0 aromatic carbocycles. The van der Waals surface area contributed by atoms with Crippen molar-refractivity contribution < 1.29 is 19.3 Å². The molecule has 0 fully saturated rings. The summed E-state index contributed by atoms with van der Waals surface area (Å²) in [5, 5.41) is 9.12. The summed E-state index contributed by atoms with van der Waals surface area (Å²) >= 11 is 0. The van der Waals surface area contributed by atoms with Crippen LogP contribution in [0.4, 0.5) is 0 Å². The molecule has 0 aromatic rings. The van der Waals surface area contributed by atoms with Crippen LogP contribution in [0.15, 0.2) is 12.3 Å². The summed E-state index contributed by atoms with van der Waals surface area (Å²) in [6, 6.07) is 0. The van der Waals surface area contributed by atoms with E-state index in [4.69, 9.17) is 19.3 Å². The van der Waals surface area contributed by atoms with Crippen LogP contribution in [0.3, 0.4) is 0 Å². The average Bonchev–Trinajstić information content (AvgIpc) is 2.56. The van der Waals surface area contributed by atoms with Gasteiger partial charge in [0.1, 0.15) is 0 Å². The van der Waals surface area contributed by atoms with Crippen molar-refractivity contribution in [1.29, 1.82) is 0 Å². The molecule has 1 aliphatic heterocycles. The molecule has 0 bridgehead atoms. The van der Waals surface area contributed by atoms with Gasteiger partial charge in [-0.05, 0) is 6.08 Å². The number of rotatable bonds is 4. The molecule has 70 valence electrons. The van der Waals surface area contributed by atoms with Gasteiger partial charge in [-0.3, -0.25) is 0 Å². The van der Waals surface area contributed by atoms with Crippen LogP contribution in [-0.2, 0) is 14.2 Å². The molecule has 0 spiro atoms. The zero-order chi connectivity index (χ0) is 9.03. The molecular formula is C8H14O4. The lowest BCUT2D eigenvalue weighted by Gasteiger charge is -2.32. The van der Waals surface area contributed by atoms with Crippen molar-refractivity contribution in [2.75, 3.05) is 20.8 Å². The van der Waals surface area contributed by atoms with Crippen LogP contribution < -0.4 is 0 Å². The number of aliphatic hydroxyl groups is 1. The minimum Gasteiger partial charge on any atom is -0.487 e. The van der Waals surface area contributed by atoms with Gasteiger partial charge >= 0.3 is 0 Å². The minimum absolute atomic E-state index is 0.119. The number of hydrogen-bond acceptors (Lipinski definition) is 4. The fourth-order valence-corrected chi connectivity index (χ4v) is 1.33. The smallest absolute Gasteiger partial charge is 0.199 e. The Kier molecular flexibility index (Phi) is 3.08. The topological polar surface area (TPSA) is 47.9 Å². The lowest BCUT2D eigenvalue weighted by Crippen LogP contribution is -2.47. The fraction of sp³-hybridized carbons (Fsp3) is 0.750. The SMILES string of the molecule is COC(OC)C1(CO)CC=CO1. The Hall–Kier alpha value is -0.580. The summed E-state index contributed by atoms with van der Waals surface area (Å²) in [5.74, 6) is 0. The molecule has 1 N–H and O–H groups in total. The van der Waals surface area contributed by atoms with Crippen LogP contribution >= 0.6 is 0 Å². The van der Waals surface area contributed by atoms with E-state index in [9.17, 15) is 0 Å². The molecule has 0 amide bonds. The fourth-order valence-electron chi connectivity index (χ4n) is 1.33. The van der Waals surface area contributed by atoms with Crippen LogP contribution in [-0.4, -0.2) is 37.8 Å². The maximum absolute atomic E-state index is 9.12. The van der Waals surface area contributed by atoms with Gasteiger partial charge in [0.15, 0.2) is 11.9 Å². The molecular weight excluding hydrogens is 160 g/mol. The van der Waals surface area contributed by atoms with Gasteiger partial charge in [-0.2, -0.15) is 0 Å². The third-order valence-electron chi connectivity index (χ3n) is 1.99. The van der Waals surface area contributed by atoms with Crippen LogP contribution in [0, 0.1) is 0 Å². The maximum atomic E-state index is 9.12. The van der Waals surface area contributed by atoms with Crippen LogP contribution in [0.5, 0.6) is 0 Å². The quantitative estimate of drug-likeness (QED) is 0.621. The second-order valence-corrected chi connectivity index (χ2v) is 2.72. The summed E-state index contributed by atoms with van der Waals surface area (Å²) in [6.07, 6.45) is 3.47. The van der Waals surface area contributed by atoms with Crippen LogP contribution in [0.1, 0.15) is 6.42 Å². The number of methoxy groups -OCH3 is 2. The molecule has 1 aliphatic rings. The summed E-state index contributed by atoms with van der Waals surface area (Å²) < 4.78 is 15.3. The second-order valence-electron chi connectivity index (χ2n) is 2.72. The van der Waals surface area contributed by atoms with Gasteiger partial charge in [0.2, 0.25) is 0 Å². The molecule has 12 heavy (non-hydrogen) atoms. The first-order chi connectivity index (χ1) is 5.79. The van der Waals surface area contributed by atoms with Gasteiger partial charge in [-0.1, -0.05) is 0 Å². The van der Waals surface area contributed by atoms with E-state index in [1.807, 2.05) is 6.08 Å². The molecule has 1 atom stereocenters. The summed E-state index contributed by atoms with van der Waals surface area (Å²) in [6.45, 7) is -0.119. The minimum atomic E-state index is -0.747. The third-order valence-corrected chi connectivity index (χ3v) is 1.99. The Labute approximate surface area is 71.7 Å². The molecule has 0 aromatic heterocycles. The van der Waals surface area contributed by atoms with Gasteiger partial charge in [-0.25, -0.2) is 0 Å². The van der Waals surface area contributed by atoms with E-state index in [1.165, 1.54) is 14.2 Å². The van der Waals surface area contributed by atoms with E-state index in [0.29, 0.717) is 6.42 Å². The second kappa shape index (κ2) is 3.89. The monoisotopic (exact) mass is 174 g/mol. The van der Waals surface area contributed by atoms with Crippen molar-refractivity contribution in [2.45, 2.75) is 18.3 Å². The first-order valence-electron chi connectivity index (χ1n) is 3.78. The van der Waals surface area contributed by atoms with E-state index in [2.05, 4.69) is 0 Å². The summed E-state index contributed by atoms with van der Waals surface area (Å²) in [4.78, 5) is 0. The van der Waals surface area contributed by atoms with Gasteiger partial charge in [0.05, 0.1) is 12.9 Å². The molecule has 0 saturated carbocycles. The molecule has 4 nitrogen and oxygen atoms in total. The van der Waals surface area contributed by atoms with Gasteiger partial charge in [0.25, 0.3) is 0 Å². The maximum Gasteiger partial charge on any atom is 0.199 e. The summed E-state index contributed by atoms with van der Waals surface area (Å²) in [5.41, 5.74) is -0.747. The van der Waals surface area contributed by atoms with Crippen molar-refractivity contribution >= 4 is 0 Å². The highest BCUT2D eigenvalue weighted by molar-refractivity contribution is 5.00. The average molecular weight is 174 g/mol. The first kappa shape index (κ1) is 9.51. The van der Waals surface area contributed by atoms with E-state index in [-0.39, 0.29) is 6.61 Å². The van der Waals surface area contributed by atoms with Gasteiger partial charge < -0.3 is 19.3 Å². The third kappa shape index (κ3) is 1.46. The van der Waals surface area contributed by atoms with Crippen LogP contribution in [0.2, 0.25) is 0 Å². The highest BCUT2D eigenvalue weighted by Gasteiger charge is 2.42. The van der Waals surface area contributed by atoms with E-state index in [0.717, 1.165) is 0 Å². The van der Waals surface area contributed by atoms with Crippen molar-refractivity contribution in [3.05, 3.63) is 12.3 Å². The molecule has 1 heterocycles. The number of ether oxygens (including phenoxy) is 3. The molecule has 4 heteroatoms. The predicted molar refractivity (Wildman–Crippen MR) is 42.5 cm³/mol. The summed E-state index contributed by atoms with van der Waals surface area (Å²) in [7, 11) is 3.04. The Balaban J connectivity index is 2.65. The molecule has 1 unspecified atom stereocenters. The van der Waals surface area contributed by atoms with E-state index < -0.39 is 11.9 Å². The van der Waals surface area contributed by atoms with Crippen molar-refractivity contribution in [3.63, 3.8) is 0 Å². The molecule has 0 radical (unpaired) electrons. The zero-order valence-corrected chi connectivity index (χ0v) is 7.32. The zero-order valence-electron chi connectivity index (χ0n) is 7.32. The normalized spacial score (nSPS) is 28.0. The molecule has 0 saturated heterocycles. The Morgan fingerprint density at radius 3 is 2.58 bits per heavy atom. The number of aliphatic hydroxyl groups excluding tert-OH is 1. The van der Waals surface area contributed by atoms with Gasteiger partial charge in [0, 0.05) is 20.6 Å². The lowest BCUT2D eigenvalue weighted by atomic mass is 10.0. The van der Waals surface area contributed by atoms with Crippen LogP contribution in [0.25, 0.3) is 0 Å². The van der Waals surface area contributed by atoms with E-state index in [1.54, 1.807) is 6.26 Å². The first-order valence-corrected chi connectivity index (χ1v) is 3.78. The molecule has 0 aliphatic carbocycles. The highest BCUT2D eigenvalue weighted by Crippen LogP contribution is 2.28.